The lowest BCUT2D eigenvalue weighted by Gasteiger charge is -2.20. The first kappa shape index (κ1) is 13.0. The van der Waals surface area contributed by atoms with Gasteiger partial charge in [0.25, 0.3) is 5.91 Å². The van der Waals surface area contributed by atoms with Gasteiger partial charge in [0.2, 0.25) is 0 Å². The first-order valence-corrected chi connectivity index (χ1v) is 5.84. The van der Waals surface area contributed by atoms with E-state index in [0.29, 0.717) is 12.2 Å². The molecule has 1 heterocycles. The molecular weight excluding hydrogens is 247 g/mol. The summed E-state index contributed by atoms with van der Waals surface area (Å²) in [5.74, 6) is -0.749. The Kier molecular flexibility index (Phi) is 3.75. The minimum atomic E-state index is -0.489. The van der Waals surface area contributed by atoms with Gasteiger partial charge in [-0.25, -0.2) is 9.37 Å². The minimum absolute atomic E-state index is 0.0795. The highest BCUT2D eigenvalue weighted by molar-refractivity contribution is 6.04. The summed E-state index contributed by atoms with van der Waals surface area (Å²) in [6, 6.07) is 8.91. The first-order chi connectivity index (χ1) is 9.11. The maximum atomic E-state index is 12.8. The molecule has 0 aliphatic rings. The fourth-order valence-electron chi connectivity index (χ4n) is 1.74. The number of phenolic OH excluding ortho intramolecular Hbond substituents is 1. The van der Waals surface area contributed by atoms with Crippen molar-refractivity contribution in [1.29, 1.82) is 0 Å². The number of hydrogen-bond acceptors (Lipinski definition) is 3. The summed E-state index contributed by atoms with van der Waals surface area (Å²) in [5.41, 5.74) is 0.727. The molecule has 0 spiro atoms. The zero-order chi connectivity index (χ0) is 13.8. The van der Waals surface area contributed by atoms with Gasteiger partial charge >= 0.3 is 0 Å². The van der Waals surface area contributed by atoms with E-state index in [-0.39, 0.29) is 17.4 Å². The van der Waals surface area contributed by atoms with Gasteiger partial charge in [-0.05, 0) is 31.2 Å². The summed E-state index contributed by atoms with van der Waals surface area (Å²) in [4.78, 5) is 17.5. The number of pyridine rings is 1. The van der Waals surface area contributed by atoms with Crippen LogP contribution in [0.4, 0.5) is 10.1 Å². The van der Waals surface area contributed by atoms with Crippen LogP contribution in [-0.2, 0) is 0 Å². The molecule has 98 valence electrons. The van der Waals surface area contributed by atoms with E-state index in [2.05, 4.69) is 4.98 Å². The summed E-state index contributed by atoms with van der Waals surface area (Å²) in [6.45, 7) is 2.23. The second-order valence-corrected chi connectivity index (χ2v) is 3.93. The van der Waals surface area contributed by atoms with Gasteiger partial charge in [-0.2, -0.15) is 0 Å². The Morgan fingerprint density at radius 3 is 2.74 bits per heavy atom. The molecule has 2 rings (SSSR count). The quantitative estimate of drug-likeness (QED) is 0.922. The number of rotatable bonds is 3. The minimum Gasteiger partial charge on any atom is -0.508 e. The Morgan fingerprint density at radius 2 is 2.16 bits per heavy atom. The molecule has 0 saturated carbocycles. The molecule has 0 fully saturated rings. The molecule has 1 aromatic heterocycles. The molecule has 0 aliphatic carbocycles. The Bertz CT molecular complexity index is 584. The van der Waals surface area contributed by atoms with E-state index in [9.17, 15) is 14.3 Å². The van der Waals surface area contributed by atoms with Crippen molar-refractivity contribution in [3.63, 3.8) is 0 Å². The number of aromatic hydroxyl groups is 1. The van der Waals surface area contributed by atoms with Gasteiger partial charge in [-0.1, -0.05) is 6.07 Å². The van der Waals surface area contributed by atoms with Crippen molar-refractivity contribution in [1.82, 2.24) is 4.98 Å². The average molecular weight is 260 g/mol. The van der Waals surface area contributed by atoms with Gasteiger partial charge in [-0.15, -0.1) is 0 Å². The van der Waals surface area contributed by atoms with Crippen LogP contribution in [0.5, 0.6) is 5.75 Å². The van der Waals surface area contributed by atoms with Crippen LogP contribution in [0.1, 0.15) is 17.4 Å². The van der Waals surface area contributed by atoms with E-state index in [1.807, 2.05) is 6.92 Å². The number of carbonyl (C=O) groups excluding carboxylic acids is 1. The lowest BCUT2D eigenvalue weighted by Crippen LogP contribution is -2.31. The summed E-state index contributed by atoms with van der Waals surface area (Å²) in [7, 11) is 0. The van der Waals surface area contributed by atoms with E-state index in [1.165, 1.54) is 29.2 Å². The fourth-order valence-corrected chi connectivity index (χ4v) is 1.74. The van der Waals surface area contributed by atoms with E-state index >= 15 is 0 Å². The third kappa shape index (κ3) is 2.88. The molecule has 0 atom stereocenters. The topological polar surface area (TPSA) is 53.4 Å². The van der Waals surface area contributed by atoms with Crippen LogP contribution in [-0.4, -0.2) is 22.5 Å². The van der Waals surface area contributed by atoms with Gasteiger partial charge < -0.3 is 10.0 Å². The second kappa shape index (κ2) is 5.48. The Morgan fingerprint density at radius 1 is 1.37 bits per heavy atom. The van der Waals surface area contributed by atoms with Gasteiger partial charge in [0.05, 0.1) is 6.20 Å². The number of carbonyl (C=O) groups is 1. The molecule has 0 unspecified atom stereocenters. The number of aromatic nitrogens is 1. The SMILES string of the molecule is CCN(C(=O)c1ccc(F)cn1)c1cccc(O)c1. The Balaban J connectivity index is 2.31. The highest BCUT2D eigenvalue weighted by Gasteiger charge is 2.17. The highest BCUT2D eigenvalue weighted by Crippen LogP contribution is 2.21. The molecule has 0 bridgehead atoms. The lowest BCUT2D eigenvalue weighted by atomic mass is 10.2. The lowest BCUT2D eigenvalue weighted by molar-refractivity contribution is 0.0983. The molecule has 19 heavy (non-hydrogen) atoms. The molecule has 2 aromatic rings. The molecule has 0 saturated heterocycles. The van der Waals surface area contributed by atoms with E-state index in [1.54, 1.807) is 12.1 Å². The largest absolute Gasteiger partial charge is 0.508 e. The van der Waals surface area contributed by atoms with Crippen molar-refractivity contribution >= 4 is 11.6 Å². The number of amides is 1. The molecule has 1 aromatic carbocycles. The zero-order valence-corrected chi connectivity index (χ0v) is 10.4. The number of hydrogen-bond donors (Lipinski definition) is 1. The maximum Gasteiger partial charge on any atom is 0.276 e. The molecular formula is C14H13FN2O2. The predicted octanol–water partition coefficient (Wildman–Crippen LogP) is 2.59. The van der Waals surface area contributed by atoms with Crippen LogP contribution in [0.2, 0.25) is 0 Å². The van der Waals surface area contributed by atoms with Crippen LogP contribution in [0.15, 0.2) is 42.6 Å². The fraction of sp³-hybridized carbons (Fsp3) is 0.143. The van der Waals surface area contributed by atoms with E-state index in [4.69, 9.17) is 0 Å². The van der Waals surface area contributed by atoms with Gasteiger partial charge in [0, 0.05) is 18.3 Å². The van der Waals surface area contributed by atoms with Crippen molar-refractivity contribution in [2.75, 3.05) is 11.4 Å². The smallest absolute Gasteiger partial charge is 0.276 e. The molecule has 1 amide bonds. The second-order valence-electron chi connectivity index (χ2n) is 3.93. The van der Waals surface area contributed by atoms with Crippen LogP contribution < -0.4 is 4.90 Å². The first-order valence-electron chi connectivity index (χ1n) is 5.84. The molecule has 0 aliphatic heterocycles. The van der Waals surface area contributed by atoms with Crippen molar-refractivity contribution in [3.8, 4) is 5.75 Å². The predicted molar refractivity (Wildman–Crippen MR) is 69.7 cm³/mol. The summed E-state index contributed by atoms with van der Waals surface area (Å²) < 4.78 is 12.8. The van der Waals surface area contributed by atoms with Crippen molar-refractivity contribution in [2.45, 2.75) is 6.92 Å². The molecule has 1 N–H and O–H groups in total. The zero-order valence-electron chi connectivity index (χ0n) is 10.4. The van der Waals surface area contributed by atoms with E-state index in [0.717, 1.165) is 6.20 Å². The van der Waals surface area contributed by atoms with Crippen LogP contribution in [0.25, 0.3) is 0 Å². The van der Waals surface area contributed by atoms with E-state index < -0.39 is 5.82 Å². The van der Waals surface area contributed by atoms with Crippen LogP contribution in [0, 0.1) is 5.82 Å². The van der Waals surface area contributed by atoms with Crippen LogP contribution in [0.3, 0.4) is 0 Å². The Hall–Kier alpha value is -2.43. The summed E-state index contributed by atoms with van der Waals surface area (Å²) >= 11 is 0. The summed E-state index contributed by atoms with van der Waals surface area (Å²) in [6.07, 6.45) is 1.00. The standard InChI is InChI=1S/C14H13FN2O2/c1-2-17(11-4-3-5-12(18)8-11)14(19)13-7-6-10(15)9-16-13/h3-9,18H,2H2,1H3. The monoisotopic (exact) mass is 260 g/mol. The maximum absolute atomic E-state index is 12.8. The van der Waals surface area contributed by atoms with Gasteiger partial charge in [0.1, 0.15) is 17.3 Å². The van der Waals surface area contributed by atoms with Crippen molar-refractivity contribution < 1.29 is 14.3 Å². The summed E-state index contributed by atoms with van der Waals surface area (Å²) in [5, 5.41) is 9.44. The van der Waals surface area contributed by atoms with Gasteiger partial charge in [-0.3, -0.25) is 4.79 Å². The average Bonchev–Trinajstić information content (AvgIpc) is 2.40. The highest BCUT2D eigenvalue weighted by atomic mass is 19.1. The number of halogens is 1. The number of anilines is 1. The van der Waals surface area contributed by atoms with Gasteiger partial charge in [0.15, 0.2) is 0 Å². The molecule has 4 nitrogen and oxygen atoms in total. The Labute approximate surface area is 110 Å². The number of nitrogens with zero attached hydrogens (tertiary/aromatic N) is 2. The molecule has 0 radical (unpaired) electrons. The number of benzene rings is 1. The third-order valence-corrected chi connectivity index (χ3v) is 2.65. The van der Waals surface area contributed by atoms with Crippen molar-refractivity contribution in [2.24, 2.45) is 0 Å². The van der Waals surface area contributed by atoms with Crippen LogP contribution >= 0.6 is 0 Å². The normalized spacial score (nSPS) is 10.2. The molecule has 5 heteroatoms. The third-order valence-electron chi connectivity index (χ3n) is 2.65. The van der Waals surface area contributed by atoms with Crippen molar-refractivity contribution in [3.05, 3.63) is 54.1 Å². The number of phenols is 1.